The molecular weight excluding hydrogens is 212 g/mol. The van der Waals surface area contributed by atoms with Crippen molar-refractivity contribution in [2.75, 3.05) is 6.67 Å². The smallest absolute Gasteiger partial charge is 0.131 e. The summed E-state index contributed by atoms with van der Waals surface area (Å²) in [4.78, 5) is 0. The van der Waals surface area contributed by atoms with Crippen molar-refractivity contribution < 1.29 is 13.9 Å². The van der Waals surface area contributed by atoms with Gasteiger partial charge in [0.2, 0.25) is 0 Å². The molecule has 0 aliphatic heterocycles. The van der Waals surface area contributed by atoms with Crippen molar-refractivity contribution in [2.24, 2.45) is 5.73 Å². The van der Waals surface area contributed by atoms with Gasteiger partial charge < -0.3 is 10.8 Å². The normalized spacial score (nSPS) is 11.9. The van der Waals surface area contributed by atoms with E-state index in [1.807, 2.05) is 0 Å². The molecule has 0 aromatic heterocycles. The molecule has 0 saturated carbocycles. The molecule has 1 aromatic carbocycles. The summed E-state index contributed by atoms with van der Waals surface area (Å²) in [6.45, 7) is -0.582. The Bertz CT molecular complexity index is 296. The number of phenols is 1. The van der Waals surface area contributed by atoms with Crippen LogP contribution in [-0.4, -0.2) is 11.8 Å². The third-order valence-corrected chi connectivity index (χ3v) is 1.80. The molecule has 0 aliphatic rings. The zero-order valence-corrected chi connectivity index (χ0v) is 8.23. The second-order valence-electron chi connectivity index (χ2n) is 2.79. The number of aromatic hydroxyl groups is 1. The lowest BCUT2D eigenvalue weighted by Gasteiger charge is -2.10. The number of rotatable bonds is 3. The molecule has 0 aliphatic carbocycles. The minimum atomic E-state index is -0.648. The van der Waals surface area contributed by atoms with Crippen molar-refractivity contribution in [3.63, 3.8) is 0 Å². The first-order valence-corrected chi connectivity index (χ1v) is 3.95. The van der Waals surface area contributed by atoms with E-state index >= 15 is 0 Å². The van der Waals surface area contributed by atoms with Gasteiger partial charge in [0.1, 0.15) is 11.6 Å². The molecule has 0 amide bonds. The maximum atomic E-state index is 13.1. The molecule has 5 heteroatoms. The fourth-order valence-electron chi connectivity index (χ4n) is 1.09. The molecule has 0 heterocycles. The number of benzene rings is 1. The van der Waals surface area contributed by atoms with E-state index in [1.165, 1.54) is 12.1 Å². The molecule has 0 spiro atoms. The fourth-order valence-corrected chi connectivity index (χ4v) is 1.09. The summed E-state index contributed by atoms with van der Waals surface area (Å²) in [6, 6.07) is 3.01. The highest BCUT2D eigenvalue weighted by Gasteiger charge is 2.11. The summed E-state index contributed by atoms with van der Waals surface area (Å²) in [5.41, 5.74) is 5.73. The van der Waals surface area contributed by atoms with Crippen LogP contribution in [0.1, 0.15) is 18.0 Å². The van der Waals surface area contributed by atoms with Crippen molar-refractivity contribution in [1.82, 2.24) is 0 Å². The first-order valence-electron chi connectivity index (χ1n) is 3.95. The molecule has 0 bridgehead atoms. The Morgan fingerprint density at radius 3 is 2.57 bits per heavy atom. The lowest BCUT2D eigenvalue weighted by atomic mass is 10.0. The average Bonchev–Trinajstić information content (AvgIpc) is 2.04. The molecule has 0 radical (unpaired) electrons. The minimum absolute atomic E-state index is 0. The van der Waals surface area contributed by atoms with Crippen LogP contribution < -0.4 is 5.73 Å². The number of hydrogen-bond acceptors (Lipinski definition) is 2. The van der Waals surface area contributed by atoms with Crippen LogP contribution in [0.3, 0.4) is 0 Å². The van der Waals surface area contributed by atoms with E-state index in [1.54, 1.807) is 0 Å². The van der Waals surface area contributed by atoms with Gasteiger partial charge in [-0.05, 0) is 12.5 Å². The average molecular weight is 224 g/mol. The molecule has 2 nitrogen and oxygen atoms in total. The van der Waals surface area contributed by atoms with Gasteiger partial charge in [0.15, 0.2) is 0 Å². The van der Waals surface area contributed by atoms with Gasteiger partial charge >= 0.3 is 0 Å². The molecule has 0 saturated heterocycles. The van der Waals surface area contributed by atoms with E-state index < -0.39 is 18.5 Å². The summed E-state index contributed by atoms with van der Waals surface area (Å²) in [5, 5.41) is 8.89. The third-order valence-electron chi connectivity index (χ3n) is 1.80. The highest BCUT2D eigenvalue weighted by atomic mass is 35.5. The van der Waals surface area contributed by atoms with Crippen LogP contribution in [0.15, 0.2) is 18.2 Å². The molecule has 1 rings (SSSR count). The molecule has 3 N–H and O–H groups in total. The van der Waals surface area contributed by atoms with E-state index in [2.05, 4.69) is 0 Å². The summed E-state index contributed by atoms with van der Waals surface area (Å²) in [7, 11) is 0. The maximum Gasteiger partial charge on any atom is 0.131 e. The van der Waals surface area contributed by atoms with Gasteiger partial charge in [-0.25, -0.2) is 4.39 Å². The van der Waals surface area contributed by atoms with Gasteiger partial charge in [0.05, 0.1) is 6.67 Å². The number of hydrogen-bond donors (Lipinski definition) is 2. The SMILES string of the molecule is Cl.N[C@@H](CCF)c1ccc(O)cc1F. The van der Waals surface area contributed by atoms with Crippen LogP contribution in [0.5, 0.6) is 5.75 Å². The van der Waals surface area contributed by atoms with Crippen molar-refractivity contribution in [3.8, 4) is 5.75 Å². The van der Waals surface area contributed by atoms with E-state index in [9.17, 15) is 8.78 Å². The quantitative estimate of drug-likeness (QED) is 0.826. The molecule has 14 heavy (non-hydrogen) atoms. The topological polar surface area (TPSA) is 46.2 Å². The Kier molecular flexibility index (Phi) is 5.42. The maximum absolute atomic E-state index is 13.1. The number of phenolic OH excluding ortho intramolecular Hbond substituents is 1. The highest BCUT2D eigenvalue weighted by molar-refractivity contribution is 5.85. The molecule has 1 atom stereocenters. The van der Waals surface area contributed by atoms with Crippen LogP contribution in [0.4, 0.5) is 8.78 Å². The van der Waals surface area contributed by atoms with Crippen LogP contribution >= 0.6 is 12.4 Å². The molecule has 1 aromatic rings. The largest absolute Gasteiger partial charge is 0.508 e. The lowest BCUT2D eigenvalue weighted by molar-refractivity contribution is 0.432. The Balaban J connectivity index is 0.00000169. The third kappa shape index (κ3) is 3.12. The molecule has 0 unspecified atom stereocenters. The van der Waals surface area contributed by atoms with Crippen LogP contribution in [0, 0.1) is 5.82 Å². The molecule has 0 fully saturated rings. The van der Waals surface area contributed by atoms with Gasteiger partial charge in [-0.1, -0.05) is 6.07 Å². The second-order valence-corrected chi connectivity index (χ2v) is 2.79. The zero-order valence-electron chi connectivity index (χ0n) is 7.41. The van der Waals surface area contributed by atoms with Gasteiger partial charge in [-0.15, -0.1) is 12.4 Å². The highest BCUT2D eigenvalue weighted by Crippen LogP contribution is 2.21. The zero-order chi connectivity index (χ0) is 9.84. The first kappa shape index (κ1) is 13.1. The lowest BCUT2D eigenvalue weighted by Crippen LogP contribution is -2.12. The van der Waals surface area contributed by atoms with Crippen LogP contribution in [0.2, 0.25) is 0 Å². The molecule has 80 valence electrons. The monoisotopic (exact) mass is 223 g/mol. The Morgan fingerprint density at radius 1 is 1.43 bits per heavy atom. The molecular formula is C9H12ClF2NO. The van der Waals surface area contributed by atoms with E-state index in [0.29, 0.717) is 0 Å². The number of nitrogens with two attached hydrogens (primary N) is 1. The summed E-state index contributed by atoms with van der Waals surface area (Å²) in [6.07, 6.45) is 0.0850. The van der Waals surface area contributed by atoms with E-state index in [-0.39, 0.29) is 30.1 Å². The summed E-state index contributed by atoms with van der Waals surface area (Å²) >= 11 is 0. The standard InChI is InChI=1S/C9H11F2NO.ClH/c10-4-3-9(12)7-2-1-6(13)5-8(7)11;/h1-2,5,9,13H,3-4,12H2;1H/t9-;/m0./s1. The minimum Gasteiger partial charge on any atom is -0.508 e. The predicted octanol–water partition coefficient (Wildman–Crippen LogP) is 2.31. The van der Waals surface area contributed by atoms with Crippen LogP contribution in [0.25, 0.3) is 0 Å². The van der Waals surface area contributed by atoms with Crippen molar-refractivity contribution in [2.45, 2.75) is 12.5 Å². The van der Waals surface area contributed by atoms with Gasteiger partial charge in [0.25, 0.3) is 0 Å². The summed E-state index contributed by atoms with van der Waals surface area (Å²) < 4.78 is 25.0. The van der Waals surface area contributed by atoms with E-state index in [0.717, 1.165) is 6.07 Å². The number of alkyl halides is 1. The van der Waals surface area contributed by atoms with E-state index in [4.69, 9.17) is 10.8 Å². The Hall–Kier alpha value is -0.870. The van der Waals surface area contributed by atoms with Crippen LogP contribution in [-0.2, 0) is 0 Å². The van der Waals surface area contributed by atoms with Crippen molar-refractivity contribution in [1.29, 1.82) is 0 Å². The number of halogens is 3. The van der Waals surface area contributed by atoms with Crippen molar-refractivity contribution >= 4 is 12.4 Å². The Morgan fingerprint density at radius 2 is 2.07 bits per heavy atom. The first-order chi connectivity index (χ1) is 6.15. The van der Waals surface area contributed by atoms with Crippen molar-refractivity contribution in [3.05, 3.63) is 29.6 Å². The second kappa shape index (κ2) is 5.78. The van der Waals surface area contributed by atoms with Gasteiger partial charge in [-0.2, -0.15) is 0 Å². The predicted molar refractivity (Wildman–Crippen MR) is 52.8 cm³/mol. The van der Waals surface area contributed by atoms with Gasteiger partial charge in [0, 0.05) is 17.7 Å². The summed E-state index contributed by atoms with van der Waals surface area (Å²) in [5.74, 6) is -0.755. The van der Waals surface area contributed by atoms with Gasteiger partial charge in [-0.3, -0.25) is 4.39 Å². The fraction of sp³-hybridized carbons (Fsp3) is 0.333. The Labute approximate surface area is 87.1 Å².